The Morgan fingerprint density at radius 2 is 1.67 bits per heavy atom. The van der Waals surface area contributed by atoms with Gasteiger partial charge in [0.2, 0.25) is 0 Å². The Kier molecular flexibility index (Phi) is 8.40. The molecule has 3 atom stereocenters. The third-order valence-corrected chi connectivity index (χ3v) is 3.76. The van der Waals surface area contributed by atoms with E-state index in [1.807, 2.05) is 46.6 Å². The Hall–Kier alpha value is -1.23. The van der Waals surface area contributed by atoms with Gasteiger partial charge in [0.1, 0.15) is 18.4 Å². The molecular formula is C16H29NO4. The summed E-state index contributed by atoms with van der Waals surface area (Å²) >= 11 is 0. The van der Waals surface area contributed by atoms with Crippen LogP contribution in [0.25, 0.3) is 0 Å². The quantitative estimate of drug-likeness (QED) is 0.482. The van der Waals surface area contributed by atoms with Gasteiger partial charge in [0.05, 0.1) is 0 Å². The zero-order valence-electron chi connectivity index (χ0n) is 14.3. The number of aldehydes is 1. The van der Waals surface area contributed by atoms with Crippen molar-refractivity contribution in [3.8, 4) is 0 Å². The minimum absolute atomic E-state index is 0.0233. The maximum Gasteiger partial charge on any atom is 0.302 e. The largest absolute Gasteiger partial charge is 0.460 e. The minimum Gasteiger partial charge on any atom is -0.460 e. The first-order valence-corrected chi connectivity index (χ1v) is 7.49. The van der Waals surface area contributed by atoms with Gasteiger partial charge in [-0.05, 0) is 20.9 Å². The van der Waals surface area contributed by atoms with Crippen molar-refractivity contribution in [3.05, 3.63) is 0 Å². The van der Waals surface area contributed by atoms with E-state index in [1.165, 1.54) is 6.92 Å². The Labute approximate surface area is 128 Å². The summed E-state index contributed by atoms with van der Waals surface area (Å²) in [7, 11) is 1.85. The summed E-state index contributed by atoms with van der Waals surface area (Å²) in [6, 6.07) is -0.414. The van der Waals surface area contributed by atoms with Gasteiger partial charge in [-0.1, -0.05) is 20.8 Å². The second-order valence-corrected chi connectivity index (χ2v) is 6.21. The maximum absolute atomic E-state index is 12.6. The van der Waals surface area contributed by atoms with Gasteiger partial charge in [0.25, 0.3) is 0 Å². The number of ether oxygens (including phenoxy) is 1. The zero-order valence-corrected chi connectivity index (χ0v) is 14.3. The van der Waals surface area contributed by atoms with Crippen molar-refractivity contribution in [1.82, 2.24) is 4.90 Å². The molecule has 0 N–H and O–H groups in total. The number of carbonyl (C=O) groups is 3. The highest BCUT2D eigenvalue weighted by Crippen LogP contribution is 2.23. The average molecular weight is 299 g/mol. The highest BCUT2D eigenvalue weighted by atomic mass is 16.5. The predicted octanol–water partition coefficient (Wildman–Crippen LogP) is 2.08. The molecule has 0 aromatic carbocycles. The molecule has 0 spiro atoms. The second kappa shape index (κ2) is 8.93. The number of esters is 1. The number of likely N-dealkylation sites (N-methyl/N-ethyl adjacent to an activating group) is 1. The van der Waals surface area contributed by atoms with E-state index < -0.39 is 18.1 Å². The van der Waals surface area contributed by atoms with Crippen LogP contribution in [0, 0.1) is 11.8 Å². The molecule has 122 valence electrons. The SMILES string of the molecule is CC(=O)O[C@@H](C(C(=O)C(C)C)N(C)C(C)C)[C@@H](C)CC=O. The van der Waals surface area contributed by atoms with E-state index in [0.29, 0.717) is 0 Å². The van der Waals surface area contributed by atoms with Gasteiger partial charge < -0.3 is 9.53 Å². The normalized spacial score (nSPS) is 15.9. The van der Waals surface area contributed by atoms with Crippen LogP contribution in [0.5, 0.6) is 0 Å². The van der Waals surface area contributed by atoms with Crippen molar-refractivity contribution in [1.29, 1.82) is 0 Å². The Balaban J connectivity index is 5.58. The van der Waals surface area contributed by atoms with Gasteiger partial charge in [-0.2, -0.15) is 0 Å². The molecule has 0 fully saturated rings. The molecule has 0 aromatic rings. The third-order valence-electron chi connectivity index (χ3n) is 3.76. The van der Waals surface area contributed by atoms with Crippen molar-refractivity contribution in [3.63, 3.8) is 0 Å². The molecule has 5 heteroatoms. The average Bonchev–Trinajstić information content (AvgIpc) is 2.36. The number of carbonyl (C=O) groups excluding carboxylic acids is 3. The van der Waals surface area contributed by atoms with E-state index in [9.17, 15) is 14.4 Å². The second-order valence-electron chi connectivity index (χ2n) is 6.21. The molecule has 5 nitrogen and oxygen atoms in total. The minimum atomic E-state index is -0.616. The van der Waals surface area contributed by atoms with Crippen LogP contribution in [0.4, 0.5) is 0 Å². The molecule has 0 heterocycles. The van der Waals surface area contributed by atoms with Gasteiger partial charge in [0, 0.05) is 31.2 Å². The number of nitrogens with zero attached hydrogens (tertiary/aromatic N) is 1. The lowest BCUT2D eigenvalue weighted by Gasteiger charge is -2.38. The monoisotopic (exact) mass is 299 g/mol. The molecule has 0 saturated carbocycles. The maximum atomic E-state index is 12.6. The van der Waals surface area contributed by atoms with Crippen molar-refractivity contribution in [2.24, 2.45) is 11.8 Å². The highest BCUT2D eigenvalue weighted by molar-refractivity contribution is 5.86. The Morgan fingerprint density at radius 3 is 2.00 bits per heavy atom. The van der Waals surface area contributed by atoms with Crippen molar-refractivity contribution >= 4 is 18.0 Å². The van der Waals surface area contributed by atoms with E-state index in [4.69, 9.17) is 4.74 Å². The van der Waals surface area contributed by atoms with Gasteiger partial charge in [-0.25, -0.2) is 0 Å². The van der Waals surface area contributed by atoms with Gasteiger partial charge >= 0.3 is 5.97 Å². The lowest BCUT2D eigenvalue weighted by molar-refractivity contribution is -0.157. The van der Waals surface area contributed by atoms with Gasteiger partial charge in [0.15, 0.2) is 5.78 Å². The first-order valence-electron chi connectivity index (χ1n) is 7.49. The predicted molar refractivity (Wildman–Crippen MR) is 81.9 cm³/mol. The van der Waals surface area contributed by atoms with Crippen LogP contribution in [0.3, 0.4) is 0 Å². The summed E-state index contributed by atoms with van der Waals surface area (Å²) < 4.78 is 5.41. The fourth-order valence-electron chi connectivity index (χ4n) is 2.23. The van der Waals surface area contributed by atoms with E-state index in [1.54, 1.807) is 0 Å². The summed E-state index contributed by atoms with van der Waals surface area (Å²) in [6.45, 7) is 10.8. The molecule has 0 rings (SSSR count). The smallest absolute Gasteiger partial charge is 0.302 e. The topological polar surface area (TPSA) is 63.7 Å². The van der Waals surface area contributed by atoms with Crippen LogP contribution in [0.1, 0.15) is 48.0 Å². The first kappa shape index (κ1) is 19.8. The Morgan fingerprint density at radius 1 is 1.14 bits per heavy atom. The number of hydrogen-bond acceptors (Lipinski definition) is 5. The number of ketones is 1. The summed E-state index contributed by atoms with van der Waals surface area (Å²) in [5, 5.41) is 0. The molecule has 0 aliphatic carbocycles. The van der Waals surface area contributed by atoms with E-state index >= 15 is 0 Å². The molecule has 0 aliphatic rings. The van der Waals surface area contributed by atoms with E-state index in [0.717, 1.165) is 6.29 Å². The fraction of sp³-hybridized carbons (Fsp3) is 0.812. The molecule has 1 unspecified atom stereocenters. The van der Waals surface area contributed by atoms with E-state index in [-0.39, 0.29) is 30.1 Å². The van der Waals surface area contributed by atoms with Crippen molar-refractivity contribution in [2.45, 2.75) is 66.2 Å². The molecule has 21 heavy (non-hydrogen) atoms. The lowest BCUT2D eigenvalue weighted by Crippen LogP contribution is -2.54. The van der Waals surface area contributed by atoms with Crippen LogP contribution < -0.4 is 0 Å². The van der Waals surface area contributed by atoms with Crippen LogP contribution >= 0.6 is 0 Å². The summed E-state index contributed by atoms with van der Waals surface area (Å²) in [4.78, 5) is 36.7. The van der Waals surface area contributed by atoms with Crippen molar-refractivity contribution in [2.75, 3.05) is 7.05 Å². The van der Waals surface area contributed by atoms with Gasteiger partial charge in [-0.3, -0.25) is 14.5 Å². The summed E-state index contributed by atoms with van der Waals surface area (Å²) in [6.07, 6.45) is 0.439. The van der Waals surface area contributed by atoms with Crippen LogP contribution in [0.15, 0.2) is 0 Å². The van der Waals surface area contributed by atoms with Crippen LogP contribution in [-0.4, -0.2) is 48.2 Å². The van der Waals surface area contributed by atoms with Crippen LogP contribution in [0.2, 0.25) is 0 Å². The molecule has 0 bridgehead atoms. The van der Waals surface area contributed by atoms with Crippen molar-refractivity contribution < 1.29 is 19.1 Å². The lowest BCUT2D eigenvalue weighted by atomic mass is 9.87. The van der Waals surface area contributed by atoms with Crippen LogP contribution in [-0.2, 0) is 19.1 Å². The molecular weight excluding hydrogens is 270 g/mol. The highest BCUT2D eigenvalue weighted by Gasteiger charge is 2.39. The van der Waals surface area contributed by atoms with Gasteiger partial charge in [-0.15, -0.1) is 0 Å². The number of Topliss-reactive ketones (excluding diaryl/α,β-unsaturated/α-hetero) is 1. The molecule has 0 aromatic heterocycles. The molecule has 0 amide bonds. The zero-order chi connectivity index (χ0) is 16.7. The standard InChI is InChI=1S/C16H29NO4/c1-10(2)15(20)14(17(7)11(3)4)16(21-13(6)19)12(5)8-9-18/h9-12,14,16H,8H2,1-7H3/t12-,14?,16+/m0/s1. The Bertz CT molecular complexity index is 365. The third kappa shape index (κ3) is 5.96. The number of rotatable bonds is 9. The molecule has 0 radical (unpaired) electrons. The first-order chi connectivity index (χ1) is 9.63. The number of hydrogen-bond donors (Lipinski definition) is 0. The molecule has 0 aliphatic heterocycles. The van der Waals surface area contributed by atoms with E-state index in [2.05, 4.69) is 0 Å². The summed E-state index contributed by atoms with van der Waals surface area (Å²) in [5.41, 5.74) is 0. The summed E-state index contributed by atoms with van der Waals surface area (Å²) in [5.74, 6) is -0.787. The fourth-order valence-corrected chi connectivity index (χ4v) is 2.23. The molecule has 0 saturated heterocycles.